The minimum absolute atomic E-state index is 0.124. The largest absolute Gasteiger partial charge is 0.353 e. The fourth-order valence-electron chi connectivity index (χ4n) is 3.87. The van der Waals surface area contributed by atoms with E-state index in [9.17, 15) is 4.79 Å². The fourth-order valence-corrected chi connectivity index (χ4v) is 3.87. The van der Waals surface area contributed by atoms with Crippen molar-refractivity contribution in [3.05, 3.63) is 12.2 Å². The third kappa shape index (κ3) is 3.00. The molecule has 2 unspecified atom stereocenters. The first-order valence-electron chi connectivity index (χ1n) is 7.61. The van der Waals surface area contributed by atoms with Gasteiger partial charge in [-0.05, 0) is 37.5 Å². The Bertz CT molecular complexity index is 432. The third-order valence-electron chi connectivity index (χ3n) is 4.76. The van der Waals surface area contributed by atoms with Gasteiger partial charge in [-0.2, -0.15) is 5.10 Å². The Kier molecular flexibility index (Phi) is 4.00. The monoisotopic (exact) mass is 277 g/mol. The van der Waals surface area contributed by atoms with E-state index in [4.69, 9.17) is 5.73 Å². The average molecular weight is 277 g/mol. The molecule has 6 heteroatoms. The number of amides is 1. The van der Waals surface area contributed by atoms with Gasteiger partial charge in [0.05, 0.1) is 0 Å². The molecule has 6 nitrogen and oxygen atoms in total. The summed E-state index contributed by atoms with van der Waals surface area (Å²) in [5.74, 6) is 2.04. The van der Waals surface area contributed by atoms with Crippen molar-refractivity contribution in [2.24, 2.45) is 17.6 Å². The molecule has 2 fully saturated rings. The second kappa shape index (κ2) is 5.91. The van der Waals surface area contributed by atoms with Crippen LogP contribution in [-0.4, -0.2) is 33.2 Å². The average Bonchev–Trinajstić information content (AvgIpc) is 2.91. The summed E-state index contributed by atoms with van der Waals surface area (Å²) in [6.07, 6.45) is 8.37. The highest BCUT2D eigenvalue weighted by Crippen LogP contribution is 2.39. The van der Waals surface area contributed by atoms with Crippen molar-refractivity contribution in [1.29, 1.82) is 0 Å². The van der Waals surface area contributed by atoms with Gasteiger partial charge < -0.3 is 11.1 Å². The summed E-state index contributed by atoms with van der Waals surface area (Å²) < 4.78 is 0. The van der Waals surface area contributed by atoms with E-state index in [1.54, 1.807) is 0 Å². The van der Waals surface area contributed by atoms with Crippen molar-refractivity contribution in [2.75, 3.05) is 0 Å². The minimum Gasteiger partial charge on any atom is -0.353 e. The molecule has 2 bridgehead atoms. The van der Waals surface area contributed by atoms with Gasteiger partial charge in [-0.25, -0.2) is 4.98 Å². The molecule has 0 spiro atoms. The number of carbonyl (C=O) groups is 1. The van der Waals surface area contributed by atoms with Crippen LogP contribution in [0.5, 0.6) is 0 Å². The van der Waals surface area contributed by atoms with Gasteiger partial charge in [0.2, 0.25) is 5.91 Å². The van der Waals surface area contributed by atoms with Crippen LogP contribution in [0.15, 0.2) is 6.33 Å². The van der Waals surface area contributed by atoms with E-state index in [1.807, 2.05) is 0 Å². The lowest BCUT2D eigenvalue weighted by Gasteiger charge is -2.45. The molecule has 1 heterocycles. The maximum Gasteiger partial charge on any atom is 0.220 e. The van der Waals surface area contributed by atoms with Crippen molar-refractivity contribution in [1.82, 2.24) is 20.5 Å². The second-order valence-electron chi connectivity index (χ2n) is 6.21. The Labute approximate surface area is 118 Å². The van der Waals surface area contributed by atoms with Crippen molar-refractivity contribution < 1.29 is 4.79 Å². The van der Waals surface area contributed by atoms with Crippen LogP contribution in [0.2, 0.25) is 0 Å². The predicted molar refractivity (Wildman–Crippen MR) is 74.7 cm³/mol. The smallest absolute Gasteiger partial charge is 0.220 e. The zero-order chi connectivity index (χ0) is 13.9. The van der Waals surface area contributed by atoms with Crippen molar-refractivity contribution in [3.63, 3.8) is 0 Å². The summed E-state index contributed by atoms with van der Waals surface area (Å²) in [6, 6.07) is 0.665. The molecular formula is C14H23N5O. The highest BCUT2D eigenvalue weighted by Gasteiger charge is 2.39. The number of aromatic amines is 1. The molecule has 0 aromatic carbocycles. The number of aryl methyl sites for hydroxylation is 1. The van der Waals surface area contributed by atoms with E-state index >= 15 is 0 Å². The molecule has 2 aliphatic rings. The zero-order valence-corrected chi connectivity index (χ0v) is 11.7. The van der Waals surface area contributed by atoms with Crippen LogP contribution in [0.1, 0.15) is 44.3 Å². The summed E-state index contributed by atoms with van der Waals surface area (Å²) in [4.78, 5) is 16.2. The lowest BCUT2D eigenvalue weighted by Crippen LogP contribution is -2.53. The van der Waals surface area contributed by atoms with E-state index in [2.05, 4.69) is 20.5 Å². The number of rotatable bonds is 4. The topological polar surface area (TPSA) is 96.7 Å². The highest BCUT2D eigenvalue weighted by atomic mass is 16.1. The summed E-state index contributed by atoms with van der Waals surface area (Å²) in [5.41, 5.74) is 6.11. The number of hydrogen-bond donors (Lipinski definition) is 3. The van der Waals surface area contributed by atoms with Gasteiger partial charge in [-0.1, -0.05) is 6.42 Å². The first-order valence-corrected chi connectivity index (χ1v) is 7.61. The fraction of sp³-hybridized carbons (Fsp3) is 0.786. The molecule has 2 saturated carbocycles. The first kappa shape index (κ1) is 13.5. The molecule has 1 aromatic rings. The summed E-state index contributed by atoms with van der Waals surface area (Å²) >= 11 is 0. The molecule has 20 heavy (non-hydrogen) atoms. The first-order chi connectivity index (χ1) is 9.72. The van der Waals surface area contributed by atoms with E-state index in [0.717, 1.165) is 18.7 Å². The number of nitrogens with zero attached hydrogens (tertiary/aromatic N) is 2. The van der Waals surface area contributed by atoms with Crippen LogP contribution in [0.4, 0.5) is 0 Å². The molecular weight excluding hydrogens is 254 g/mol. The van der Waals surface area contributed by atoms with Crippen molar-refractivity contribution in [2.45, 2.75) is 57.0 Å². The van der Waals surface area contributed by atoms with Crippen LogP contribution in [0, 0.1) is 11.8 Å². The van der Waals surface area contributed by atoms with E-state index < -0.39 is 0 Å². The molecule has 0 saturated heterocycles. The number of nitrogens with two attached hydrogens (primary N) is 1. The Morgan fingerprint density at radius 2 is 2.15 bits per heavy atom. The molecule has 110 valence electrons. The standard InChI is InChI=1S/C14H23N5O/c15-11-6-9-2-1-3-10(7-11)14(9)18-13(20)5-4-12-16-8-17-19-12/h8-11,14H,1-7,15H2,(H,18,20)(H,16,17,19). The predicted octanol–water partition coefficient (Wildman–Crippen LogP) is 0.759. The number of aromatic nitrogens is 3. The summed E-state index contributed by atoms with van der Waals surface area (Å²) in [5, 5.41) is 9.82. The maximum absolute atomic E-state index is 12.1. The Morgan fingerprint density at radius 3 is 2.80 bits per heavy atom. The van der Waals surface area contributed by atoms with Crippen molar-refractivity contribution in [3.8, 4) is 0 Å². The lowest BCUT2D eigenvalue weighted by molar-refractivity contribution is -0.123. The zero-order valence-electron chi connectivity index (χ0n) is 11.7. The Morgan fingerprint density at radius 1 is 1.40 bits per heavy atom. The molecule has 0 radical (unpaired) electrons. The molecule has 3 rings (SSSR count). The molecule has 1 aromatic heterocycles. The van der Waals surface area contributed by atoms with Crippen LogP contribution < -0.4 is 11.1 Å². The molecule has 2 aliphatic carbocycles. The SMILES string of the molecule is NC1CC2CCCC(C1)C2NC(=O)CCc1ncn[nH]1. The van der Waals surface area contributed by atoms with Gasteiger partial charge in [0, 0.05) is 24.9 Å². The molecule has 0 aliphatic heterocycles. The normalized spacial score (nSPS) is 32.9. The Hall–Kier alpha value is -1.43. The van der Waals surface area contributed by atoms with Gasteiger partial charge >= 0.3 is 0 Å². The Balaban J connectivity index is 1.53. The van der Waals surface area contributed by atoms with Crippen LogP contribution in [0.3, 0.4) is 0 Å². The van der Waals surface area contributed by atoms with E-state index in [0.29, 0.717) is 36.8 Å². The quantitative estimate of drug-likeness (QED) is 0.757. The van der Waals surface area contributed by atoms with Gasteiger partial charge in [0.25, 0.3) is 0 Å². The van der Waals surface area contributed by atoms with Crippen molar-refractivity contribution >= 4 is 5.91 Å². The van der Waals surface area contributed by atoms with E-state index in [1.165, 1.54) is 25.6 Å². The number of hydrogen-bond acceptors (Lipinski definition) is 4. The minimum atomic E-state index is 0.124. The van der Waals surface area contributed by atoms with E-state index in [-0.39, 0.29) is 5.91 Å². The lowest BCUT2D eigenvalue weighted by atomic mass is 9.67. The molecule has 1 amide bonds. The second-order valence-corrected chi connectivity index (χ2v) is 6.21. The van der Waals surface area contributed by atoms with Crippen LogP contribution in [-0.2, 0) is 11.2 Å². The third-order valence-corrected chi connectivity index (χ3v) is 4.76. The number of nitrogens with one attached hydrogen (secondary N) is 2. The van der Waals surface area contributed by atoms with Gasteiger partial charge in [0.15, 0.2) is 0 Å². The van der Waals surface area contributed by atoms with Crippen LogP contribution >= 0.6 is 0 Å². The highest BCUT2D eigenvalue weighted by molar-refractivity contribution is 5.76. The molecule has 4 N–H and O–H groups in total. The van der Waals surface area contributed by atoms with Gasteiger partial charge in [-0.3, -0.25) is 9.89 Å². The van der Waals surface area contributed by atoms with Gasteiger partial charge in [-0.15, -0.1) is 0 Å². The number of fused-ring (bicyclic) bond motifs is 2. The molecule has 2 atom stereocenters. The maximum atomic E-state index is 12.1. The van der Waals surface area contributed by atoms with Gasteiger partial charge in [0.1, 0.15) is 12.2 Å². The van der Waals surface area contributed by atoms with Crippen LogP contribution in [0.25, 0.3) is 0 Å². The number of carbonyl (C=O) groups excluding carboxylic acids is 1. The summed E-state index contributed by atoms with van der Waals surface area (Å²) in [7, 11) is 0. The number of H-pyrrole nitrogens is 1. The summed E-state index contributed by atoms with van der Waals surface area (Å²) in [6.45, 7) is 0.